The van der Waals surface area contributed by atoms with Gasteiger partial charge in [-0.2, -0.15) is 0 Å². The van der Waals surface area contributed by atoms with E-state index in [9.17, 15) is 0 Å². The summed E-state index contributed by atoms with van der Waals surface area (Å²) in [5, 5.41) is 0. The molecule has 0 spiro atoms. The summed E-state index contributed by atoms with van der Waals surface area (Å²) in [6, 6.07) is 0.818. The molecule has 1 atom stereocenters. The van der Waals surface area contributed by atoms with Gasteiger partial charge in [-0.05, 0) is 45.7 Å². The van der Waals surface area contributed by atoms with Crippen molar-refractivity contribution in [3.05, 3.63) is 6.42 Å². The molecule has 1 heterocycles. The van der Waals surface area contributed by atoms with Crippen molar-refractivity contribution in [3.8, 4) is 0 Å². The van der Waals surface area contributed by atoms with Gasteiger partial charge >= 0.3 is 0 Å². The first kappa shape index (κ1) is 10.0. The van der Waals surface area contributed by atoms with Gasteiger partial charge in [-0.15, -0.1) is 0 Å². The van der Waals surface area contributed by atoms with Crippen LogP contribution in [-0.2, 0) is 0 Å². The Balaban J connectivity index is 2.15. The SMILES string of the molecule is CCCCC(C)N1CC[CH]CC1. The summed E-state index contributed by atoms with van der Waals surface area (Å²) in [5.41, 5.74) is 0. The van der Waals surface area contributed by atoms with Crippen LogP contribution >= 0.6 is 0 Å². The van der Waals surface area contributed by atoms with Crippen molar-refractivity contribution in [1.82, 2.24) is 4.90 Å². The zero-order valence-electron chi connectivity index (χ0n) is 8.55. The summed E-state index contributed by atoms with van der Waals surface area (Å²) in [5.74, 6) is 0. The average Bonchev–Trinajstić information content (AvgIpc) is 2.15. The highest BCUT2D eigenvalue weighted by atomic mass is 15.1. The van der Waals surface area contributed by atoms with Crippen LogP contribution < -0.4 is 0 Å². The molecule has 0 aliphatic carbocycles. The second-order valence-corrected chi connectivity index (χ2v) is 3.89. The highest BCUT2D eigenvalue weighted by Gasteiger charge is 2.15. The van der Waals surface area contributed by atoms with Gasteiger partial charge in [0.25, 0.3) is 0 Å². The summed E-state index contributed by atoms with van der Waals surface area (Å²) >= 11 is 0. The van der Waals surface area contributed by atoms with E-state index in [1.807, 2.05) is 0 Å². The molecule has 1 unspecified atom stereocenters. The zero-order chi connectivity index (χ0) is 8.81. The molecule has 1 saturated heterocycles. The predicted octanol–water partition coefficient (Wildman–Crippen LogP) is 2.87. The normalized spacial score (nSPS) is 22.5. The molecule has 0 aromatic rings. The Morgan fingerprint density at radius 2 is 2.00 bits per heavy atom. The van der Waals surface area contributed by atoms with E-state index in [1.165, 1.54) is 45.2 Å². The molecule has 1 heteroatoms. The molecule has 0 bridgehead atoms. The first-order valence-electron chi connectivity index (χ1n) is 5.40. The van der Waals surface area contributed by atoms with Gasteiger partial charge in [0.05, 0.1) is 0 Å². The van der Waals surface area contributed by atoms with Crippen LogP contribution in [0.25, 0.3) is 0 Å². The number of hydrogen-bond donors (Lipinski definition) is 0. The minimum absolute atomic E-state index is 0.818. The fourth-order valence-corrected chi connectivity index (χ4v) is 1.89. The summed E-state index contributed by atoms with van der Waals surface area (Å²) in [6.07, 6.45) is 9.14. The second-order valence-electron chi connectivity index (χ2n) is 3.89. The Morgan fingerprint density at radius 3 is 2.58 bits per heavy atom. The zero-order valence-corrected chi connectivity index (χ0v) is 8.55. The summed E-state index contributed by atoms with van der Waals surface area (Å²) in [6.45, 7) is 7.24. The van der Waals surface area contributed by atoms with Crippen molar-refractivity contribution >= 4 is 0 Å². The standard InChI is InChI=1S/C11H22N/c1-3-4-8-11(2)12-9-6-5-7-10-12/h5,11H,3-4,6-10H2,1-2H3. The maximum absolute atomic E-state index is 2.63. The van der Waals surface area contributed by atoms with Gasteiger partial charge in [-0.3, -0.25) is 0 Å². The van der Waals surface area contributed by atoms with Gasteiger partial charge in [0.1, 0.15) is 0 Å². The number of rotatable bonds is 4. The van der Waals surface area contributed by atoms with Crippen LogP contribution in [0.1, 0.15) is 46.0 Å². The van der Waals surface area contributed by atoms with E-state index in [-0.39, 0.29) is 0 Å². The van der Waals surface area contributed by atoms with Gasteiger partial charge < -0.3 is 4.90 Å². The minimum Gasteiger partial charge on any atom is -0.301 e. The molecule has 1 radical (unpaired) electrons. The smallest absolute Gasteiger partial charge is 0.00669 e. The van der Waals surface area contributed by atoms with E-state index in [2.05, 4.69) is 25.2 Å². The fourth-order valence-electron chi connectivity index (χ4n) is 1.89. The first-order chi connectivity index (χ1) is 5.84. The Labute approximate surface area is 77.1 Å². The summed E-state index contributed by atoms with van der Waals surface area (Å²) < 4.78 is 0. The average molecular weight is 168 g/mol. The molecule has 0 N–H and O–H groups in total. The van der Waals surface area contributed by atoms with Crippen LogP contribution in [0.15, 0.2) is 0 Å². The lowest BCUT2D eigenvalue weighted by molar-refractivity contribution is 0.182. The van der Waals surface area contributed by atoms with Crippen molar-refractivity contribution in [2.75, 3.05) is 13.1 Å². The molecule has 0 aromatic carbocycles. The molecule has 1 aliphatic rings. The highest BCUT2D eigenvalue weighted by Crippen LogP contribution is 2.14. The largest absolute Gasteiger partial charge is 0.301 e. The third-order valence-corrected chi connectivity index (χ3v) is 2.84. The van der Waals surface area contributed by atoms with E-state index < -0.39 is 0 Å². The van der Waals surface area contributed by atoms with Crippen LogP contribution in [-0.4, -0.2) is 24.0 Å². The Hall–Kier alpha value is -0.0400. The lowest BCUT2D eigenvalue weighted by Gasteiger charge is -2.32. The third kappa shape index (κ3) is 3.14. The van der Waals surface area contributed by atoms with Gasteiger partial charge in [0.2, 0.25) is 0 Å². The van der Waals surface area contributed by atoms with Crippen LogP contribution in [0.4, 0.5) is 0 Å². The molecule has 0 amide bonds. The Morgan fingerprint density at radius 1 is 1.33 bits per heavy atom. The molecular formula is C11H22N. The predicted molar refractivity (Wildman–Crippen MR) is 54.1 cm³/mol. The molecule has 0 saturated carbocycles. The van der Waals surface area contributed by atoms with E-state index in [4.69, 9.17) is 0 Å². The van der Waals surface area contributed by atoms with E-state index in [1.54, 1.807) is 0 Å². The maximum atomic E-state index is 2.63. The number of likely N-dealkylation sites (tertiary alicyclic amines) is 1. The van der Waals surface area contributed by atoms with Crippen molar-refractivity contribution in [2.45, 2.75) is 52.0 Å². The minimum atomic E-state index is 0.818. The van der Waals surface area contributed by atoms with E-state index in [0.29, 0.717) is 0 Å². The number of piperidine rings is 1. The van der Waals surface area contributed by atoms with Gasteiger partial charge in [0, 0.05) is 6.04 Å². The quantitative estimate of drug-likeness (QED) is 0.624. The van der Waals surface area contributed by atoms with Crippen molar-refractivity contribution in [3.63, 3.8) is 0 Å². The van der Waals surface area contributed by atoms with Crippen LogP contribution in [0, 0.1) is 6.42 Å². The molecule has 71 valence electrons. The lowest BCUT2D eigenvalue weighted by Crippen LogP contribution is -2.37. The first-order valence-corrected chi connectivity index (χ1v) is 5.40. The van der Waals surface area contributed by atoms with E-state index >= 15 is 0 Å². The lowest BCUT2D eigenvalue weighted by atomic mass is 10.1. The number of hydrogen-bond acceptors (Lipinski definition) is 1. The van der Waals surface area contributed by atoms with Gasteiger partial charge in [-0.25, -0.2) is 0 Å². The summed E-state index contributed by atoms with van der Waals surface area (Å²) in [4.78, 5) is 2.63. The molecule has 0 aromatic heterocycles. The van der Waals surface area contributed by atoms with E-state index in [0.717, 1.165) is 6.04 Å². The fraction of sp³-hybridized carbons (Fsp3) is 0.909. The second kappa shape index (κ2) is 5.58. The van der Waals surface area contributed by atoms with Crippen LogP contribution in [0.3, 0.4) is 0 Å². The van der Waals surface area contributed by atoms with Crippen molar-refractivity contribution in [2.24, 2.45) is 0 Å². The number of nitrogens with zero attached hydrogens (tertiary/aromatic N) is 1. The molecule has 12 heavy (non-hydrogen) atoms. The van der Waals surface area contributed by atoms with Crippen LogP contribution in [0.5, 0.6) is 0 Å². The molecular weight excluding hydrogens is 146 g/mol. The summed E-state index contributed by atoms with van der Waals surface area (Å²) in [7, 11) is 0. The monoisotopic (exact) mass is 168 g/mol. The van der Waals surface area contributed by atoms with Gasteiger partial charge in [-0.1, -0.05) is 19.8 Å². The van der Waals surface area contributed by atoms with Crippen molar-refractivity contribution in [1.29, 1.82) is 0 Å². The Kier molecular flexibility index (Phi) is 4.67. The maximum Gasteiger partial charge on any atom is 0.00669 e. The molecule has 1 nitrogen and oxygen atoms in total. The molecule has 1 aliphatic heterocycles. The van der Waals surface area contributed by atoms with Gasteiger partial charge in [0.15, 0.2) is 0 Å². The molecule has 1 fully saturated rings. The Bertz CT molecular complexity index is 106. The van der Waals surface area contributed by atoms with Crippen molar-refractivity contribution < 1.29 is 0 Å². The topological polar surface area (TPSA) is 3.24 Å². The third-order valence-electron chi connectivity index (χ3n) is 2.84. The molecule has 1 rings (SSSR count). The van der Waals surface area contributed by atoms with Crippen LogP contribution in [0.2, 0.25) is 0 Å². The highest BCUT2D eigenvalue weighted by molar-refractivity contribution is 4.79. The number of unbranched alkanes of at least 4 members (excludes halogenated alkanes) is 1.